The van der Waals surface area contributed by atoms with Gasteiger partial charge in [-0.3, -0.25) is 0 Å². The molecule has 5 aromatic carbocycles. The van der Waals surface area contributed by atoms with Crippen LogP contribution in [0.3, 0.4) is 0 Å². The number of para-hydroxylation sites is 1. The Morgan fingerprint density at radius 1 is 0.651 bits per heavy atom. The number of rotatable bonds is 14. The second-order valence-electron chi connectivity index (χ2n) is 9.98. The molecular formula is C37H34O6. The number of benzene rings is 5. The van der Waals surface area contributed by atoms with Crippen LogP contribution in [0.5, 0.6) is 23.0 Å². The Hall–Kier alpha value is -5.07. The van der Waals surface area contributed by atoms with Gasteiger partial charge < -0.3 is 24.1 Å². The van der Waals surface area contributed by atoms with Crippen LogP contribution in [0.4, 0.5) is 0 Å². The Balaban J connectivity index is 1.22. The molecule has 0 aliphatic rings. The fourth-order valence-corrected chi connectivity index (χ4v) is 4.67. The van der Waals surface area contributed by atoms with Crippen LogP contribution >= 0.6 is 0 Å². The molecule has 0 amide bonds. The summed E-state index contributed by atoms with van der Waals surface area (Å²) in [7, 11) is 1.41. The SMILES string of the molecule is CO[C@@H](Cc1ccc(OCCCOc2ccc(Oc3ccccc3)cc2)c(-c2ccc(-c3ccccc3)cc2)c1)C(=O)O. The number of ether oxygens (including phenoxy) is 4. The monoisotopic (exact) mass is 574 g/mol. The van der Waals surface area contributed by atoms with Crippen molar-refractivity contribution in [1.82, 2.24) is 0 Å². The molecule has 0 saturated carbocycles. The average Bonchev–Trinajstić information content (AvgIpc) is 3.05. The Morgan fingerprint density at radius 2 is 1.23 bits per heavy atom. The van der Waals surface area contributed by atoms with Crippen LogP contribution in [-0.4, -0.2) is 37.5 Å². The molecule has 6 heteroatoms. The highest BCUT2D eigenvalue weighted by Crippen LogP contribution is 2.33. The second-order valence-corrected chi connectivity index (χ2v) is 9.98. The number of methoxy groups -OCH3 is 1. The van der Waals surface area contributed by atoms with Gasteiger partial charge in [-0.1, -0.05) is 78.9 Å². The molecule has 218 valence electrons. The van der Waals surface area contributed by atoms with E-state index in [1.165, 1.54) is 7.11 Å². The molecule has 0 aliphatic carbocycles. The summed E-state index contributed by atoms with van der Waals surface area (Å²) < 4.78 is 23.1. The average molecular weight is 575 g/mol. The normalized spacial score (nSPS) is 11.5. The van der Waals surface area contributed by atoms with E-state index in [2.05, 4.69) is 36.4 Å². The van der Waals surface area contributed by atoms with Crippen molar-refractivity contribution in [3.8, 4) is 45.3 Å². The van der Waals surface area contributed by atoms with Crippen molar-refractivity contribution in [3.63, 3.8) is 0 Å². The zero-order valence-corrected chi connectivity index (χ0v) is 24.0. The van der Waals surface area contributed by atoms with Gasteiger partial charge in [-0.2, -0.15) is 0 Å². The van der Waals surface area contributed by atoms with Crippen LogP contribution in [0.15, 0.2) is 127 Å². The third-order valence-corrected chi connectivity index (χ3v) is 6.95. The Bertz CT molecular complexity index is 1580. The molecule has 0 bridgehead atoms. The fraction of sp³-hybridized carbons (Fsp3) is 0.162. The van der Waals surface area contributed by atoms with Crippen molar-refractivity contribution < 1.29 is 28.8 Å². The molecule has 0 fully saturated rings. The van der Waals surface area contributed by atoms with Gasteiger partial charge in [0.15, 0.2) is 6.10 Å². The summed E-state index contributed by atoms with van der Waals surface area (Å²) in [6, 6.07) is 41.5. The van der Waals surface area contributed by atoms with Gasteiger partial charge in [0.2, 0.25) is 0 Å². The van der Waals surface area contributed by atoms with Crippen LogP contribution in [0.2, 0.25) is 0 Å². The molecule has 5 aromatic rings. The largest absolute Gasteiger partial charge is 0.493 e. The lowest BCUT2D eigenvalue weighted by atomic mass is 9.97. The van der Waals surface area contributed by atoms with E-state index in [1.807, 2.05) is 91.0 Å². The third-order valence-electron chi connectivity index (χ3n) is 6.95. The van der Waals surface area contributed by atoms with Gasteiger partial charge in [0.05, 0.1) is 13.2 Å². The lowest BCUT2D eigenvalue weighted by Crippen LogP contribution is -2.24. The molecule has 1 N–H and O–H groups in total. The predicted molar refractivity (Wildman–Crippen MR) is 168 cm³/mol. The molecule has 0 radical (unpaired) electrons. The summed E-state index contributed by atoms with van der Waals surface area (Å²) in [5, 5.41) is 9.47. The summed E-state index contributed by atoms with van der Waals surface area (Å²) in [5.41, 5.74) is 4.99. The molecule has 0 heterocycles. The highest BCUT2D eigenvalue weighted by molar-refractivity contribution is 5.76. The van der Waals surface area contributed by atoms with Gasteiger partial charge >= 0.3 is 5.97 Å². The second kappa shape index (κ2) is 14.7. The van der Waals surface area contributed by atoms with Gasteiger partial charge in [-0.05, 0) is 70.8 Å². The number of aliphatic carboxylic acids is 1. The van der Waals surface area contributed by atoms with Crippen molar-refractivity contribution in [2.24, 2.45) is 0 Å². The Labute approximate surface area is 252 Å². The van der Waals surface area contributed by atoms with Crippen molar-refractivity contribution in [2.45, 2.75) is 18.9 Å². The minimum atomic E-state index is -0.991. The number of hydrogen-bond donors (Lipinski definition) is 1. The first-order valence-corrected chi connectivity index (χ1v) is 14.2. The Kier molecular flexibility index (Phi) is 10.1. The first-order valence-electron chi connectivity index (χ1n) is 14.2. The quantitative estimate of drug-likeness (QED) is 0.135. The molecule has 43 heavy (non-hydrogen) atoms. The van der Waals surface area contributed by atoms with E-state index in [9.17, 15) is 9.90 Å². The van der Waals surface area contributed by atoms with Gasteiger partial charge in [-0.15, -0.1) is 0 Å². The molecule has 1 atom stereocenters. The van der Waals surface area contributed by atoms with Crippen LogP contribution in [0.1, 0.15) is 12.0 Å². The smallest absolute Gasteiger partial charge is 0.333 e. The summed E-state index contributed by atoms with van der Waals surface area (Å²) in [6.45, 7) is 0.950. The lowest BCUT2D eigenvalue weighted by Gasteiger charge is -2.16. The van der Waals surface area contributed by atoms with Crippen LogP contribution in [-0.2, 0) is 16.0 Å². The molecule has 0 aromatic heterocycles. The van der Waals surface area contributed by atoms with E-state index in [0.717, 1.165) is 50.8 Å². The zero-order valence-electron chi connectivity index (χ0n) is 24.0. The standard InChI is InChI=1S/C37H34O6/c1-40-36(37(38)39)26-27-13-22-35(34(25-27)30-16-14-29(15-17-30)28-9-4-2-5-10-28)42-24-8-23-41-31-18-20-33(21-19-31)43-32-11-6-3-7-12-32/h2-7,9-22,25,36H,8,23-24,26H2,1H3,(H,38,39)/t36-/m0/s1. The highest BCUT2D eigenvalue weighted by Gasteiger charge is 2.18. The van der Waals surface area contributed by atoms with Crippen LogP contribution in [0.25, 0.3) is 22.3 Å². The van der Waals surface area contributed by atoms with E-state index >= 15 is 0 Å². The number of carboxylic acids is 1. The van der Waals surface area contributed by atoms with E-state index in [-0.39, 0.29) is 6.42 Å². The Morgan fingerprint density at radius 3 is 1.91 bits per heavy atom. The molecular weight excluding hydrogens is 540 g/mol. The fourth-order valence-electron chi connectivity index (χ4n) is 4.67. The van der Waals surface area contributed by atoms with E-state index in [4.69, 9.17) is 18.9 Å². The first-order chi connectivity index (χ1) is 21.1. The van der Waals surface area contributed by atoms with Gasteiger partial charge in [0.25, 0.3) is 0 Å². The van der Waals surface area contributed by atoms with Gasteiger partial charge in [0, 0.05) is 25.5 Å². The molecule has 0 spiro atoms. The summed E-state index contributed by atoms with van der Waals surface area (Å²) in [4.78, 5) is 11.6. The maximum absolute atomic E-state index is 11.6. The van der Waals surface area contributed by atoms with Crippen molar-refractivity contribution in [1.29, 1.82) is 0 Å². The van der Waals surface area contributed by atoms with Crippen molar-refractivity contribution in [3.05, 3.63) is 133 Å². The number of hydrogen-bond acceptors (Lipinski definition) is 5. The van der Waals surface area contributed by atoms with Crippen LogP contribution < -0.4 is 14.2 Å². The van der Waals surface area contributed by atoms with E-state index < -0.39 is 12.1 Å². The summed E-state index contributed by atoms with van der Waals surface area (Å²) >= 11 is 0. The topological polar surface area (TPSA) is 74.2 Å². The van der Waals surface area contributed by atoms with Gasteiger partial charge in [0.1, 0.15) is 23.0 Å². The minimum absolute atomic E-state index is 0.254. The predicted octanol–water partition coefficient (Wildman–Crippen LogP) is 8.30. The number of carbonyl (C=O) groups is 1. The highest BCUT2D eigenvalue weighted by atomic mass is 16.5. The third kappa shape index (κ3) is 8.24. The maximum Gasteiger partial charge on any atom is 0.333 e. The van der Waals surface area contributed by atoms with E-state index in [0.29, 0.717) is 19.6 Å². The maximum atomic E-state index is 11.6. The molecule has 0 unspecified atom stereocenters. The summed E-state index contributed by atoms with van der Waals surface area (Å²) in [6.07, 6.45) is 0.0157. The first kappa shape index (κ1) is 29.4. The lowest BCUT2D eigenvalue weighted by molar-refractivity contribution is -0.148. The summed E-state index contributed by atoms with van der Waals surface area (Å²) in [5.74, 6) is 2.02. The molecule has 6 nitrogen and oxygen atoms in total. The van der Waals surface area contributed by atoms with Crippen molar-refractivity contribution >= 4 is 5.97 Å². The van der Waals surface area contributed by atoms with E-state index in [1.54, 1.807) is 0 Å². The molecule has 0 saturated heterocycles. The molecule has 5 rings (SSSR count). The van der Waals surface area contributed by atoms with Gasteiger partial charge in [-0.25, -0.2) is 4.79 Å². The zero-order chi connectivity index (χ0) is 29.9. The van der Waals surface area contributed by atoms with Crippen molar-refractivity contribution in [2.75, 3.05) is 20.3 Å². The molecule has 0 aliphatic heterocycles. The number of carboxylic acid groups (broad SMARTS) is 1. The van der Waals surface area contributed by atoms with Crippen LogP contribution in [0, 0.1) is 0 Å². The minimum Gasteiger partial charge on any atom is -0.493 e.